The van der Waals surface area contributed by atoms with Gasteiger partial charge in [0.15, 0.2) is 0 Å². The maximum Gasteiger partial charge on any atom is 0.221 e. The molecule has 0 saturated heterocycles. The second kappa shape index (κ2) is 8.86. The molecule has 6 heteroatoms. The van der Waals surface area contributed by atoms with Crippen LogP contribution in [0.4, 0.5) is 0 Å². The maximum absolute atomic E-state index is 11.9. The lowest BCUT2D eigenvalue weighted by atomic mass is 10.1. The van der Waals surface area contributed by atoms with Crippen LogP contribution in [-0.2, 0) is 11.2 Å². The van der Waals surface area contributed by atoms with E-state index in [1.54, 1.807) is 6.20 Å². The average Bonchev–Trinajstić information content (AvgIpc) is 3.00. The van der Waals surface area contributed by atoms with Gasteiger partial charge in [-0.1, -0.05) is 23.1 Å². The molecule has 6 nitrogen and oxygen atoms in total. The zero-order valence-electron chi connectivity index (χ0n) is 15.4. The summed E-state index contributed by atoms with van der Waals surface area (Å²) in [7, 11) is 0. The Balaban J connectivity index is 1.38. The van der Waals surface area contributed by atoms with Crippen molar-refractivity contribution in [3.8, 4) is 17.6 Å². The van der Waals surface area contributed by atoms with Gasteiger partial charge in [0, 0.05) is 29.6 Å². The van der Waals surface area contributed by atoms with Crippen LogP contribution in [0.15, 0.2) is 41.1 Å². The van der Waals surface area contributed by atoms with Crippen LogP contribution in [0.2, 0.25) is 0 Å². The molecule has 1 N–H and O–H groups in total. The Bertz CT molecular complexity index is 979. The van der Waals surface area contributed by atoms with E-state index >= 15 is 0 Å². The number of benzene rings is 1. The molecule has 27 heavy (non-hydrogen) atoms. The van der Waals surface area contributed by atoms with Gasteiger partial charge >= 0.3 is 0 Å². The number of hydrogen-bond donors (Lipinski definition) is 1. The molecule has 0 fully saturated rings. The van der Waals surface area contributed by atoms with Gasteiger partial charge in [-0.15, -0.1) is 0 Å². The molecule has 0 spiro atoms. The van der Waals surface area contributed by atoms with Gasteiger partial charge in [-0.05, 0) is 38.5 Å². The van der Waals surface area contributed by atoms with Gasteiger partial charge in [0.25, 0.3) is 0 Å². The monoisotopic (exact) mass is 363 g/mol. The van der Waals surface area contributed by atoms with E-state index in [0.29, 0.717) is 19.4 Å². The topological polar surface area (TPSA) is 77.2 Å². The standard InChI is InChI=1S/C21H21N3O3/c1-15-19(16(2)27-24-15)9-10-21(25)23-11-3-4-13-26-18-8-7-17-6-5-12-22-20(17)14-18/h5-8,12,14H,9-11,13H2,1-2H3,(H,23,25). The lowest BCUT2D eigenvalue weighted by Gasteiger charge is -2.03. The largest absolute Gasteiger partial charge is 0.481 e. The number of hydrogen-bond acceptors (Lipinski definition) is 5. The number of carbonyl (C=O) groups is 1. The molecule has 0 aliphatic heterocycles. The van der Waals surface area contributed by atoms with Crippen LogP contribution in [0.1, 0.15) is 23.4 Å². The molecule has 2 heterocycles. The minimum Gasteiger partial charge on any atom is -0.481 e. The predicted molar refractivity (Wildman–Crippen MR) is 102 cm³/mol. The number of ether oxygens (including phenoxy) is 1. The quantitative estimate of drug-likeness (QED) is 0.681. The molecular weight excluding hydrogens is 342 g/mol. The Labute approximate surface area is 157 Å². The van der Waals surface area contributed by atoms with Gasteiger partial charge in [0.1, 0.15) is 18.1 Å². The molecular formula is C21H21N3O3. The number of aryl methyl sites for hydroxylation is 2. The third-order valence-corrected chi connectivity index (χ3v) is 4.17. The van der Waals surface area contributed by atoms with Crippen molar-refractivity contribution < 1.29 is 14.1 Å². The average molecular weight is 363 g/mol. The van der Waals surface area contributed by atoms with Gasteiger partial charge in [-0.25, -0.2) is 0 Å². The van der Waals surface area contributed by atoms with Crippen molar-refractivity contribution in [1.29, 1.82) is 0 Å². The number of rotatable bonds is 6. The molecule has 0 aliphatic rings. The summed E-state index contributed by atoms with van der Waals surface area (Å²) >= 11 is 0. The van der Waals surface area contributed by atoms with Gasteiger partial charge in [0.05, 0.1) is 17.8 Å². The van der Waals surface area contributed by atoms with Crippen molar-refractivity contribution in [1.82, 2.24) is 15.5 Å². The van der Waals surface area contributed by atoms with Crippen molar-refractivity contribution in [2.75, 3.05) is 13.2 Å². The zero-order valence-corrected chi connectivity index (χ0v) is 15.4. The van der Waals surface area contributed by atoms with Crippen LogP contribution in [0, 0.1) is 25.7 Å². The molecule has 0 bridgehead atoms. The van der Waals surface area contributed by atoms with Crippen LogP contribution in [0.25, 0.3) is 10.9 Å². The Morgan fingerprint density at radius 3 is 2.96 bits per heavy atom. The predicted octanol–water partition coefficient (Wildman–Crippen LogP) is 2.97. The number of pyridine rings is 1. The summed E-state index contributed by atoms with van der Waals surface area (Å²) in [5.74, 6) is 7.22. The number of aromatic nitrogens is 2. The summed E-state index contributed by atoms with van der Waals surface area (Å²) in [5, 5.41) is 7.73. The highest BCUT2D eigenvalue weighted by molar-refractivity contribution is 5.79. The molecule has 1 amide bonds. The molecule has 3 rings (SSSR count). The SMILES string of the molecule is Cc1noc(C)c1CCC(=O)NCC#CCOc1ccc2cccnc2c1. The zero-order chi connectivity index (χ0) is 19.1. The van der Waals surface area contributed by atoms with E-state index in [0.717, 1.165) is 33.7 Å². The first kappa shape index (κ1) is 18.5. The van der Waals surface area contributed by atoms with Crippen molar-refractivity contribution in [2.24, 2.45) is 0 Å². The number of nitrogens with zero attached hydrogens (tertiary/aromatic N) is 2. The highest BCUT2D eigenvalue weighted by Gasteiger charge is 2.10. The second-order valence-electron chi connectivity index (χ2n) is 6.08. The van der Waals surface area contributed by atoms with Crippen molar-refractivity contribution in [3.63, 3.8) is 0 Å². The first-order valence-electron chi connectivity index (χ1n) is 8.75. The fourth-order valence-electron chi connectivity index (χ4n) is 2.70. The van der Waals surface area contributed by atoms with E-state index in [4.69, 9.17) is 9.26 Å². The number of fused-ring (bicyclic) bond motifs is 1. The molecule has 3 aromatic rings. The molecule has 0 radical (unpaired) electrons. The second-order valence-corrected chi connectivity index (χ2v) is 6.08. The van der Waals surface area contributed by atoms with Gasteiger partial charge in [-0.3, -0.25) is 9.78 Å². The van der Waals surface area contributed by atoms with Crippen molar-refractivity contribution in [3.05, 3.63) is 53.5 Å². The number of nitrogens with one attached hydrogen (secondary N) is 1. The van der Waals surface area contributed by atoms with E-state index < -0.39 is 0 Å². The molecule has 0 aliphatic carbocycles. The lowest BCUT2D eigenvalue weighted by Crippen LogP contribution is -2.24. The Hall–Kier alpha value is -3.33. The van der Waals surface area contributed by atoms with Gasteiger partial charge in [0.2, 0.25) is 5.91 Å². The van der Waals surface area contributed by atoms with E-state index in [9.17, 15) is 4.79 Å². The van der Waals surface area contributed by atoms with Crippen LogP contribution in [0.5, 0.6) is 5.75 Å². The Morgan fingerprint density at radius 1 is 1.26 bits per heavy atom. The molecule has 0 atom stereocenters. The summed E-state index contributed by atoms with van der Waals surface area (Å²) in [5.41, 5.74) is 2.71. The maximum atomic E-state index is 11.9. The molecule has 0 saturated carbocycles. The number of carbonyl (C=O) groups excluding carboxylic acids is 1. The lowest BCUT2D eigenvalue weighted by molar-refractivity contribution is -0.120. The van der Waals surface area contributed by atoms with Gasteiger partial charge in [-0.2, -0.15) is 0 Å². The summed E-state index contributed by atoms with van der Waals surface area (Å²) in [6, 6.07) is 9.64. The van der Waals surface area contributed by atoms with Crippen LogP contribution in [0.3, 0.4) is 0 Å². The Morgan fingerprint density at radius 2 is 2.15 bits per heavy atom. The first-order chi connectivity index (χ1) is 13.1. The normalized spacial score (nSPS) is 10.3. The summed E-state index contributed by atoms with van der Waals surface area (Å²) in [6.45, 7) is 4.28. The van der Waals surface area contributed by atoms with Crippen molar-refractivity contribution >= 4 is 16.8 Å². The molecule has 1 aromatic carbocycles. The van der Waals surface area contributed by atoms with E-state index in [-0.39, 0.29) is 12.5 Å². The summed E-state index contributed by atoms with van der Waals surface area (Å²) < 4.78 is 10.7. The fourth-order valence-corrected chi connectivity index (χ4v) is 2.70. The van der Waals surface area contributed by atoms with E-state index in [1.165, 1.54) is 0 Å². The molecule has 0 unspecified atom stereocenters. The third-order valence-electron chi connectivity index (χ3n) is 4.17. The van der Waals surface area contributed by atoms with Crippen LogP contribution in [-0.4, -0.2) is 29.2 Å². The van der Waals surface area contributed by atoms with Crippen LogP contribution < -0.4 is 10.1 Å². The number of amides is 1. The highest BCUT2D eigenvalue weighted by atomic mass is 16.5. The first-order valence-corrected chi connectivity index (χ1v) is 8.75. The minimum absolute atomic E-state index is 0.0502. The minimum atomic E-state index is -0.0502. The van der Waals surface area contributed by atoms with E-state index in [2.05, 4.69) is 27.3 Å². The van der Waals surface area contributed by atoms with Crippen LogP contribution >= 0.6 is 0 Å². The fraction of sp³-hybridized carbons (Fsp3) is 0.286. The Kier molecular flexibility index (Phi) is 6.06. The highest BCUT2D eigenvalue weighted by Crippen LogP contribution is 2.18. The smallest absolute Gasteiger partial charge is 0.221 e. The molecule has 2 aromatic heterocycles. The van der Waals surface area contributed by atoms with Crippen molar-refractivity contribution in [2.45, 2.75) is 26.7 Å². The summed E-state index contributed by atoms with van der Waals surface area (Å²) in [6.07, 6.45) is 2.74. The third kappa shape index (κ3) is 5.08. The molecule has 138 valence electrons. The van der Waals surface area contributed by atoms with Gasteiger partial charge < -0.3 is 14.6 Å². The summed E-state index contributed by atoms with van der Waals surface area (Å²) in [4.78, 5) is 16.2. The van der Waals surface area contributed by atoms with E-state index in [1.807, 2.05) is 44.2 Å².